The third-order valence-corrected chi connectivity index (χ3v) is 6.05. The average molecular weight is 385 g/mol. The third-order valence-electron chi connectivity index (χ3n) is 6.05. The molecule has 3 aromatic carbocycles. The fourth-order valence-electron chi connectivity index (χ4n) is 4.40. The highest BCUT2D eigenvalue weighted by molar-refractivity contribution is 5.77. The molecule has 1 unspecified atom stereocenters. The maximum atomic E-state index is 5.53. The van der Waals surface area contributed by atoms with Gasteiger partial charge in [-0.15, -0.1) is 0 Å². The summed E-state index contributed by atoms with van der Waals surface area (Å²) in [6.07, 6.45) is 1.94. The normalized spacial score (nSPS) is 15.8. The predicted molar refractivity (Wildman–Crippen MR) is 120 cm³/mol. The molecule has 1 aliphatic rings. The predicted octanol–water partition coefficient (Wildman–Crippen LogP) is 6.37. The second kappa shape index (κ2) is 8.16. The summed E-state index contributed by atoms with van der Waals surface area (Å²) >= 11 is 0. The second-order valence-corrected chi connectivity index (χ2v) is 7.88. The molecule has 0 N–H and O–H groups in total. The summed E-state index contributed by atoms with van der Waals surface area (Å²) in [6, 6.07) is 23.9. The summed E-state index contributed by atoms with van der Waals surface area (Å²) in [5, 5.41) is 0. The number of ether oxygens (including phenoxy) is 2. The van der Waals surface area contributed by atoms with Crippen LogP contribution in [0, 0.1) is 6.92 Å². The Balaban J connectivity index is 1.80. The van der Waals surface area contributed by atoms with Crippen LogP contribution in [0.25, 0.3) is 5.57 Å². The lowest BCUT2D eigenvalue weighted by atomic mass is 9.74. The molecule has 0 bridgehead atoms. The van der Waals surface area contributed by atoms with E-state index in [4.69, 9.17) is 9.47 Å². The molecule has 0 saturated heterocycles. The fraction of sp³-hybridized carbons (Fsp3) is 0.259. The van der Waals surface area contributed by atoms with E-state index < -0.39 is 0 Å². The van der Waals surface area contributed by atoms with Crippen LogP contribution in [0.15, 0.2) is 72.3 Å². The monoisotopic (exact) mass is 384 g/mol. The van der Waals surface area contributed by atoms with E-state index in [1.807, 2.05) is 0 Å². The molecule has 0 heterocycles. The van der Waals surface area contributed by atoms with Crippen molar-refractivity contribution in [3.8, 4) is 11.5 Å². The van der Waals surface area contributed by atoms with Crippen LogP contribution in [0.4, 0.5) is 0 Å². The van der Waals surface area contributed by atoms with Gasteiger partial charge >= 0.3 is 0 Å². The first-order chi connectivity index (χ1) is 14.1. The Bertz CT molecular complexity index is 1040. The molecule has 0 radical (unpaired) electrons. The van der Waals surface area contributed by atoms with E-state index in [0.717, 1.165) is 24.3 Å². The number of fused-ring (bicyclic) bond motifs is 1. The van der Waals surface area contributed by atoms with Crippen LogP contribution in [0.1, 0.15) is 40.7 Å². The highest BCUT2D eigenvalue weighted by Gasteiger charge is 2.26. The molecule has 0 aromatic heterocycles. The highest BCUT2D eigenvalue weighted by atomic mass is 16.5. The maximum Gasteiger partial charge on any atom is 0.119 e. The molecule has 4 rings (SSSR count). The number of allylic oxidation sites excluding steroid dienone is 2. The Morgan fingerprint density at radius 2 is 1.55 bits per heavy atom. The van der Waals surface area contributed by atoms with Gasteiger partial charge in [0.2, 0.25) is 0 Å². The summed E-state index contributed by atoms with van der Waals surface area (Å²) in [6.45, 7) is 4.45. The van der Waals surface area contributed by atoms with Gasteiger partial charge in [-0.25, -0.2) is 0 Å². The Kier molecular flexibility index (Phi) is 5.44. The first-order valence-corrected chi connectivity index (χ1v) is 10.2. The number of aryl methyl sites for hydroxylation is 1. The summed E-state index contributed by atoms with van der Waals surface area (Å²) < 4.78 is 10.9. The van der Waals surface area contributed by atoms with Crippen LogP contribution in [0.3, 0.4) is 0 Å². The number of methoxy groups -OCH3 is 2. The van der Waals surface area contributed by atoms with Gasteiger partial charge in [-0.05, 0) is 78.8 Å². The van der Waals surface area contributed by atoms with Crippen molar-refractivity contribution in [1.29, 1.82) is 0 Å². The Morgan fingerprint density at radius 1 is 0.828 bits per heavy atom. The summed E-state index contributed by atoms with van der Waals surface area (Å²) in [5.41, 5.74) is 9.56. The number of hydrogen-bond donors (Lipinski definition) is 0. The molecule has 0 amide bonds. The van der Waals surface area contributed by atoms with Gasteiger partial charge in [0.15, 0.2) is 0 Å². The zero-order chi connectivity index (χ0) is 20.4. The minimum atomic E-state index is 0.376. The molecule has 0 saturated carbocycles. The Hall–Kier alpha value is -3.00. The van der Waals surface area contributed by atoms with Gasteiger partial charge < -0.3 is 9.47 Å². The number of benzene rings is 3. The lowest BCUT2D eigenvalue weighted by Crippen LogP contribution is -2.15. The van der Waals surface area contributed by atoms with Crippen molar-refractivity contribution in [2.75, 3.05) is 14.2 Å². The van der Waals surface area contributed by atoms with Crippen molar-refractivity contribution in [3.05, 3.63) is 100 Å². The SMILES string of the molecule is COc1ccc(C2Cc3ccc(OC)cc3C(Cc3cccc(C)c3)=C2C)cc1. The lowest BCUT2D eigenvalue weighted by Gasteiger charge is -2.30. The van der Waals surface area contributed by atoms with Crippen LogP contribution in [0.2, 0.25) is 0 Å². The number of hydrogen-bond acceptors (Lipinski definition) is 2. The van der Waals surface area contributed by atoms with E-state index in [1.54, 1.807) is 14.2 Å². The first-order valence-electron chi connectivity index (χ1n) is 10.2. The Morgan fingerprint density at radius 3 is 2.24 bits per heavy atom. The van der Waals surface area contributed by atoms with Crippen molar-refractivity contribution in [1.82, 2.24) is 0 Å². The van der Waals surface area contributed by atoms with Gasteiger partial charge in [-0.1, -0.05) is 53.6 Å². The molecule has 2 nitrogen and oxygen atoms in total. The first kappa shape index (κ1) is 19.3. The highest BCUT2D eigenvalue weighted by Crippen LogP contribution is 2.42. The Labute approximate surface area is 173 Å². The smallest absolute Gasteiger partial charge is 0.119 e. The molecule has 2 heteroatoms. The molecule has 3 aromatic rings. The van der Waals surface area contributed by atoms with E-state index in [-0.39, 0.29) is 0 Å². The average Bonchev–Trinajstić information content (AvgIpc) is 2.75. The molecule has 1 aliphatic carbocycles. The van der Waals surface area contributed by atoms with Gasteiger partial charge in [-0.2, -0.15) is 0 Å². The van der Waals surface area contributed by atoms with Crippen LogP contribution < -0.4 is 9.47 Å². The van der Waals surface area contributed by atoms with E-state index in [1.165, 1.54) is 39.0 Å². The molecular formula is C27H28O2. The largest absolute Gasteiger partial charge is 0.497 e. The van der Waals surface area contributed by atoms with E-state index in [9.17, 15) is 0 Å². The zero-order valence-corrected chi connectivity index (χ0v) is 17.7. The van der Waals surface area contributed by atoms with Crippen molar-refractivity contribution in [2.45, 2.75) is 32.6 Å². The van der Waals surface area contributed by atoms with Crippen LogP contribution in [0.5, 0.6) is 11.5 Å². The summed E-state index contributed by atoms with van der Waals surface area (Å²) in [5.74, 6) is 2.19. The molecule has 0 spiro atoms. The fourth-order valence-corrected chi connectivity index (χ4v) is 4.40. The molecular weight excluding hydrogens is 356 g/mol. The standard InChI is InChI=1S/C27H28O2/c1-18-6-5-7-20(14-18)15-26-19(2)25(21-8-11-23(28-3)12-9-21)16-22-10-13-24(29-4)17-27(22)26/h5-14,17,25H,15-16H2,1-4H3. The van der Waals surface area contributed by atoms with Crippen molar-refractivity contribution in [2.24, 2.45) is 0 Å². The molecule has 29 heavy (non-hydrogen) atoms. The zero-order valence-electron chi connectivity index (χ0n) is 17.7. The van der Waals surface area contributed by atoms with Crippen molar-refractivity contribution < 1.29 is 9.47 Å². The minimum Gasteiger partial charge on any atom is -0.497 e. The minimum absolute atomic E-state index is 0.376. The van der Waals surface area contributed by atoms with Crippen molar-refractivity contribution >= 4 is 5.57 Å². The molecule has 0 fully saturated rings. The van der Waals surface area contributed by atoms with Gasteiger partial charge in [0, 0.05) is 5.92 Å². The van der Waals surface area contributed by atoms with Gasteiger partial charge in [0.1, 0.15) is 11.5 Å². The van der Waals surface area contributed by atoms with E-state index in [2.05, 4.69) is 80.6 Å². The van der Waals surface area contributed by atoms with Gasteiger partial charge in [0.25, 0.3) is 0 Å². The van der Waals surface area contributed by atoms with Crippen LogP contribution in [-0.2, 0) is 12.8 Å². The summed E-state index contributed by atoms with van der Waals surface area (Å²) in [7, 11) is 3.45. The van der Waals surface area contributed by atoms with Crippen molar-refractivity contribution in [3.63, 3.8) is 0 Å². The third kappa shape index (κ3) is 3.93. The number of rotatable bonds is 5. The van der Waals surface area contributed by atoms with E-state index >= 15 is 0 Å². The maximum absolute atomic E-state index is 5.53. The van der Waals surface area contributed by atoms with E-state index in [0.29, 0.717) is 5.92 Å². The topological polar surface area (TPSA) is 18.5 Å². The summed E-state index contributed by atoms with van der Waals surface area (Å²) in [4.78, 5) is 0. The van der Waals surface area contributed by atoms with Crippen LogP contribution in [-0.4, -0.2) is 14.2 Å². The quantitative estimate of drug-likeness (QED) is 0.509. The molecule has 148 valence electrons. The van der Waals surface area contributed by atoms with Gasteiger partial charge in [0.05, 0.1) is 14.2 Å². The lowest BCUT2D eigenvalue weighted by molar-refractivity contribution is 0.414. The molecule has 1 atom stereocenters. The molecule has 0 aliphatic heterocycles. The van der Waals surface area contributed by atoms with Crippen LogP contribution >= 0.6 is 0 Å². The van der Waals surface area contributed by atoms with Gasteiger partial charge in [-0.3, -0.25) is 0 Å². The second-order valence-electron chi connectivity index (χ2n) is 7.88.